The number of anilines is 1. The Morgan fingerprint density at radius 2 is 1.75 bits per heavy atom. The van der Waals surface area contributed by atoms with Crippen LogP contribution >= 0.6 is 0 Å². The molecule has 1 N–H and O–H groups in total. The number of aromatic nitrogens is 1. The molecule has 0 aliphatic rings. The highest BCUT2D eigenvalue weighted by molar-refractivity contribution is 6.01. The van der Waals surface area contributed by atoms with Gasteiger partial charge in [0.25, 0.3) is 0 Å². The number of rotatable bonds is 8. The second-order valence-electron chi connectivity index (χ2n) is 7.90. The predicted molar refractivity (Wildman–Crippen MR) is 122 cm³/mol. The number of hydrogen-bond acceptors (Lipinski definition) is 6. The maximum absolute atomic E-state index is 12.6. The van der Waals surface area contributed by atoms with Gasteiger partial charge in [-0.25, -0.2) is 4.79 Å². The molecule has 1 heterocycles. The molecule has 0 spiro atoms. The van der Waals surface area contributed by atoms with Gasteiger partial charge in [0.05, 0.1) is 23.9 Å². The summed E-state index contributed by atoms with van der Waals surface area (Å²) in [5.41, 5.74) is 2.54. The van der Waals surface area contributed by atoms with E-state index in [2.05, 4.69) is 10.3 Å². The smallest absolute Gasteiger partial charge is 0.340 e. The predicted octanol–water partition coefficient (Wildman–Crippen LogP) is 4.58. The second kappa shape index (κ2) is 10.0. The number of methoxy groups -OCH3 is 1. The zero-order valence-electron chi connectivity index (χ0n) is 18.6. The molecule has 1 amide bonds. The topological polar surface area (TPSA) is 94.6 Å². The summed E-state index contributed by atoms with van der Waals surface area (Å²) < 4.78 is 10.5. The van der Waals surface area contributed by atoms with Crippen molar-refractivity contribution >= 4 is 34.3 Å². The van der Waals surface area contributed by atoms with Crippen LogP contribution in [0.2, 0.25) is 0 Å². The Hall–Kier alpha value is -3.74. The molecule has 7 nitrogen and oxygen atoms in total. The van der Waals surface area contributed by atoms with E-state index in [9.17, 15) is 14.4 Å². The minimum atomic E-state index is -0.620. The van der Waals surface area contributed by atoms with Crippen molar-refractivity contribution in [3.8, 4) is 5.75 Å². The fourth-order valence-corrected chi connectivity index (χ4v) is 3.20. The van der Waals surface area contributed by atoms with E-state index < -0.39 is 12.6 Å². The van der Waals surface area contributed by atoms with Crippen molar-refractivity contribution in [2.75, 3.05) is 19.0 Å². The van der Waals surface area contributed by atoms with Crippen LogP contribution in [0.25, 0.3) is 10.9 Å². The van der Waals surface area contributed by atoms with Crippen LogP contribution < -0.4 is 10.1 Å². The van der Waals surface area contributed by atoms with Crippen molar-refractivity contribution in [3.05, 3.63) is 65.4 Å². The SMILES string of the molecule is COc1ccc2nc(C)c(C(=O)OCC(=O)c3ccc(NC(=O)CC(C)C)cc3)cc2c1. The number of nitrogens with one attached hydrogen (secondary N) is 1. The Balaban J connectivity index is 1.63. The van der Waals surface area contributed by atoms with E-state index in [0.717, 1.165) is 10.9 Å². The van der Waals surface area contributed by atoms with Crippen LogP contribution in [0.3, 0.4) is 0 Å². The molecular formula is C25H26N2O5. The third-order valence-corrected chi connectivity index (χ3v) is 4.85. The summed E-state index contributed by atoms with van der Waals surface area (Å²) in [6, 6.07) is 13.6. The monoisotopic (exact) mass is 434 g/mol. The normalized spacial score (nSPS) is 10.8. The molecule has 0 aliphatic carbocycles. The van der Waals surface area contributed by atoms with Crippen molar-refractivity contribution < 1.29 is 23.9 Å². The summed E-state index contributed by atoms with van der Waals surface area (Å²) in [6.45, 7) is 5.26. The first-order valence-corrected chi connectivity index (χ1v) is 10.3. The number of ketones is 1. The van der Waals surface area contributed by atoms with Gasteiger partial charge in [0.1, 0.15) is 5.75 Å². The van der Waals surface area contributed by atoms with E-state index in [4.69, 9.17) is 9.47 Å². The van der Waals surface area contributed by atoms with Gasteiger partial charge in [-0.05, 0) is 61.4 Å². The molecule has 0 aliphatic heterocycles. The van der Waals surface area contributed by atoms with Gasteiger partial charge in [-0.2, -0.15) is 0 Å². The number of pyridine rings is 1. The van der Waals surface area contributed by atoms with E-state index in [-0.39, 0.29) is 17.6 Å². The Morgan fingerprint density at radius 3 is 2.41 bits per heavy atom. The molecule has 7 heteroatoms. The highest BCUT2D eigenvalue weighted by Gasteiger charge is 2.16. The van der Waals surface area contributed by atoms with Crippen LogP contribution in [-0.4, -0.2) is 36.4 Å². The van der Waals surface area contributed by atoms with Gasteiger partial charge in [-0.1, -0.05) is 13.8 Å². The minimum absolute atomic E-state index is 0.0787. The number of fused-ring (bicyclic) bond motifs is 1. The number of Topliss-reactive ketones (excluding diaryl/α,β-unsaturated/α-hetero) is 1. The Labute approximate surface area is 186 Å². The average Bonchev–Trinajstić information content (AvgIpc) is 2.76. The molecule has 0 unspecified atom stereocenters. The second-order valence-corrected chi connectivity index (χ2v) is 7.90. The fourth-order valence-electron chi connectivity index (χ4n) is 3.20. The van der Waals surface area contributed by atoms with Crippen LogP contribution in [0.1, 0.15) is 46.7 Å². The Morgan fingerprint density at radius 1 is 1.03 bits per heavy atom. The maximum atomic E-state index is 12.6. The molecule has 0 bridgehead atoms. The van der Waals surface area contributed by atoms with Crippen molar-refractivity contribution in [1.82, 2.24) is 4.98 Å². The van der Waals surface area contributed by atoms with Gasteiger partial charge in [0.2, 0.25) is 5.91 Å². The van der Waals surface area contributed by atoms with Gasteiger partial charge in [-0.15, -0.1) is 0 Å². The molecule has 0 saturated heterocycles. The third kappa shape index (κ3) is 5.69. The van der Waals surface area contributed by atoms with Crippen molar-refractivity contribution in [1.29, 1.82) is 0 Å². The number of hydrogen-bond donors (Lipinski definition) is 1. The lowest BCUT2D eigenvalue weighted by molar-refractivity contribution is -0.116. The summed E-state index contributed by atoms with van der Waals surface area (Å²) in [7, 11) is 1.57. The maximum Gasteiger partial charge on any atom is 0.340 e. The first-order chi connectivity index (χ1) is 15.3. The van der Waals surface area contributed by atoms with Gasteiger partial charge in [-0.3, -0.25) is 14.6 Å². The molecule has 166 valence electrons. The summed E-state index contributed by atoms with van der Waals surface area (Å²) in [6.07, 6.45) is 0.423. The third-order valence-electron chi connectivity index (χ3n) is 4.85. The van der Waals surface area contributed by atoms with Crippen LogP contribution in [0, 0.1) is 12.8 Å². The lowest BCUT2D eigenvalue weighted by atomic mass is 10.1. The van der Waals surface area contributed by atoms with Gasteiger partial charge >= 0.3 is 5.97 Å². The summed E-state index contributed by atoms with van der Waals surface area (Å²) >= 11 is 0. The van der Waals surface area contributed by atoms with Gasteiger partial charge in [0, 0.05) is 23.1 Å². The fraction of sp³-hybridized carbons (Fsp3) is 0.280. The average molecular weight is 434 g/mol. The molecule has 3 aromatic rings. The lowest BCUT2D eigenvalue weighted by Gasteiger charge is -2.10. The van der Waals surface area contributed by atoms with Gasteiger partial charge in [0.15, 0.2) is 12.4 Å². The Kier molecular flexibility index (Phi) is 7.20. The first kappa shape index (κ1) is 22.9. The molecule has 3 rings (SSSR count). The summed E-state index contributed by atoms with van der Waals surface area (Å²) in [5.74, 6) is -0.127. The lowest BCUT2D eigenvalue weighted by Crippen LogP contribution is -2.16. The van der Waals surface area contributed by atoms with Crippen LogP contribution in [0.4, 0.5) is 5.69 Å². The van der Waals surface area contributed by atoms with Crippen LogP contribution in [0.5, 0.6) is 5.75 Å². The largest absolute Gasteiger partial charge is 0.497 e. The number of benzene rings is 2. The molecule has 0 fully saturated rings. The molecule has 0 atom stereocenters. The summed E-state index contributed by atoms with van der Waals surface area (Å²) in [5, 5.41) is 3.53. The van der Waals surface area contributed by atoms with E-state index in [1.54, 1.807) is 56.5 Å². The van der Waals surface area contributed by atoms with E-state index in [1.165, 1.54) is 0 Å². The van der Waals surface area contributed by atoms with Crippen LogP contribution in [-0.2, 0) is 9.53 Å². The molecule has 1 aromatic heterocycles. The van der Waals surface area contributed by atoms with E-state index >= 15 is 0 Å². The van der Waals surface area contributed by atoms with E-state index in [0.29, 0.717) is 34.7 Å². The number of amides is 1. The van der Waals surface area contributed by atoms with Crippen molar-refractivity contribution in [2.24, 2.45) is 5.92 Å². The number of carbonyl (C=O) groups excluding carboxylic acids is 3. The zero-order valence-corrected chi connectivity index (χ0v) is 18.6. The Bertz CT molecular complexity index is 1150. The molecule has 32 heavy (non-hydrogen) atoms. The zero-order chi connectivity index (χ0) is 23.3. The van der Waals surface area contributed by atoms with Crippen molar-refractivity contribution in [2.45, 2.75) is 27.2 Å². The van der Waals surface area contributed by atoms with Crippen molar-refractivity contribution in [3.63, 3.8) is 0 Å². The first-order valence-electron chi connectivity index (χ1n) is 10.3. The summed E-state index contributed by atoms with van der Waals surface area (Å²) in [4.78, 5) is 41.3. The standard InChI is InChI=1S/C25H26N2O5/c1-15(2)11-24(29)27-19-7-5-17(6-8-19)23(28)14-32-25(30)21-13-18-12-20(31-4)9-10-22(18)26-16(21)3/h5-10,12-13,15H,11,14H2,1-4H3,(H,27,29). The van der Waals surface area contributed by atoms with Gasteiger partial charge < -0.3 is 14.8 Å². The number of ether oxygens (including phenoxy) is 2. The minimum Gasteiger partial charge on any atom is -0.497 e. The van der Waals surface area contributed by atoms with E-state index in [1.807, 2.05) is 19.9 Å². The highest BCUT2D eigenvalue weighted by Crippen LogP contribution is 2.22. The molecular weight excluding hydrogens is 408 g/mol. The van der Waals surface area contributed by atoms with Crippen LogP contribution in [0.15, 0.2) is 48.5 Å². The number of esters is 1. The highest BCUT2D eigenvalue weighted by atomic mass is 16.5. The number of nitrogens with zero attached hydrogens (tertiary/aromatic N) is 1. The molecule has 0 saturated carbocycles. The quantitative estimate of drug-likeness (QED) is 0.412. The molecule has 2 aromatic carbocycles. The molecule has 0 radical (unpaired) electrons. The number of aryl methyl sites for hydroxylation is 1. The number of carbonyl (C=O) groups is 3.